The molecule has 9 heteroatoms. The standard InChI is InChI=1S/C11H11Cl2FN6/c1-20(2)11-18-9(15)17-10(19-11)16-8-6(12)3-5(14)4-7(8)13/h3-4H,1-2H3,(H3,15,16,17,18,19). The third kappa shape index (κ3) is 3.17. The lowest BCUT2D eigenvalue weighted by atomic mass is 10.3. The third-order valence-corrected chi connectivity index (χ3v) is 2.88. The van der Waals surface area contributed by atoms with Crippen molar-refractivity contribution in [1.29, 1.82) is 0 Å². The van der Waals surface area contributed by atoms with Crippen LogP contribution in [0.25, 0.3) is 0 Å². The van der Waals surface area contributed by atoms with E-state index < -0.39 is 5.82 Å². The monoisotopic (exact) mass is 316 g/mol. The lowest BCUT2D eigenvalue weighted by molar-refractivity contribution is 0.628. The van der Waals surface area contributed by atoms with E-state index in [4.69, 9.17) is 28.9 Å². The Morgan fingerprint density at radius 3 is 2.30 bits per heavy atom. The molecule has 106 valence electrons. The Labute approximate surface area is 124 Å². The van der Waals surface area contributed by atoms with Crippen LogP contribution in [-0.2, 0) is 0 Å². The van der Waals surface area contributed by atoms with Crippen molar-refractivity contribution in [1.82, 2.24) is 15.0 Å². The highest BCUT2D eigenvalue weighted by Crippen LogP contribution is 2.33. The van der Waals surface area contributed by atoms with Crippen molar-refractivity contribution in [2.75, 3.05) is 30.0 Å². The van der Waals surface area contributed by atoms with E-state index in [-0.39, 0.29) is 21.9 Å². The molecule has 0 saturated carbocycles. The zero-order valence-electron chi connectivity index (χ0n) is 10.7. The second kappa shape index (κ2) is 5.64. The van der Waals surface area contributed by atoms with Gasteiger partial charge in [-0.3, -0.25) is 0 Å². The normalized spacial score (nSPS) is 10.4. The largest absolute Gasteiger partial charge is 0.368 e. The predicted molar refractivity (Wildman–Crippen MR) is 78.3 cm³/mol. The quantitative estimate of drug-likeness (QED) is 0.906. The summed E-state index contributed by atoms with van der Waals surface area (Å²) in [6.07, 6.45) is 0. The number of hydrogen-bond acceptors (Lipinski definition) is 6. The smallest absolute Gasteiger partial charge is 0.233 e. The molecule has 0 spiro atoms. The molecule has 0 radical (unpaired) electrons. The van der Waals surface area contributed by atoms with Crippen LogP contribution in [0, 0.1) is 5.82 Å². The first kappa shape index (κ1) is 14.5. The summed E-state index contributed by atoms with van der Waals surface area (Å²) in [4.78, 5) is 13.7. The van der Waals surface area contributed by atoms with E-state index in [9.17, 15) is 4.39 Å². The molecule has 0 aliphatic carbocycles. The Kier molecular flexibility index (Phi) is 4.10. The summed E-state index contributed by atoms with van der Waals surface area (Å²) in [5, 5.41) is 3.03. The average molecular weight is 317 g/mol. The Morgan fingerprint density at radius 1 is 1.15 bits per heavy atom. The SMILES string of the molecule is CN(C)c1nc(N)nc(Nc2c(Cl)cc(F)cc2Cl)n1. The van der Waals surface area contributed by atoms with Gasteiger partial charge in [0.1, 0.15) is 5.82 Å². The van der Waals surface area contributed by atoms with Crippen LogP contribution in [0.2, 0.25) is 10.0 Å². The van der Waals surface area contributed by atoms with Gasteiger partial charge in [0.2, 0.25) is 17.8 Å². The Hall–Kier alpha value is -1.86. The van der Waals surface area contributed by atoms with Gasteiger partial charge in [-0.1, -0.05) is 23.2 Å². The number of hydrogen-bond donors (Lipinski definition) is 2. The van der Waals surface area contributed by atoms with E-state index in [1.165, 1.54) is 0 Å². The van der Waals surface area contributed by atoms with E-state index in [0.29, 0.717) is 11.6 Å². The predicted octanol–water partition coefficient (Wildman–Crippen LogP) is 2.71. The highest BCUT2D eigenvalue weighted by molar-refractivity contribution is 6.39. The molecule has 0 aliphatic heterocycles. The first-order valence-corrected chi connectivity index (χ1v) is 6.23. The van der Waals surface area contributed by atoms with Crippen LogP contribution in [0.15, 0.2) is 12.1 Å². The van der Waals surface area contributed by atoms with E-state index in [1.54, 1.807) is 19.0 Å². The molecule has 2 aromatic rings. The van der Waals surface area contributed by atoms with Gasteiger partial charge in [0.15, 0.2) is 0 Å². The molecular formula is C11H11Cl2FN6. The number of aromatic nitrogens is 3. The van der Waals surface area contributed by atoms with Gasteiger partial charge < -0.3 is 16.0 Å². The molecule has 0 amide bonds. The number of nitrogens with zero attached hydrogens (tertiary/aromatic N) is 4. The van der Waals surface area contributed by atoms with Crippen LogP contribution in [-0.4, -0.2) is 29.0 Å². The summed E-state index contributed by atoms with van der Waals surface area (Å²) in [7, 11) is 3.52. The number of anilines is 4. The minimum atomic E-state index is -0.533. The van der Waals surface area contributed by atoms with Crippen LogP contribution in [0.4, 0.5) is 27.9 Å². The van der Waals surface area contributed by atoms with E-state index >= 15 is 0 Å². The van der Waals surface area contributed by atoms with Gasteiger partial charge in [-0.2, -0.15) is 15.0 Å². The molecule has 0 unspecified atom stereocenters. The number of benzene rings is 1. The maximum absolute atomic E-state index is 13.1. The molecule has 0 aliphatic rings. The summed E-state index contributed by atoms with van der Waals surface area (Å²) < 4.78 is 13.1. The summed E-state index contributed by atoms with van der Waals surface area (Å²) in [6.45, 7) is 0. The highest BCUT2D eigenvalue weighted by atomic mass is 35.5. The number of rotatable bonds is 3. The first-order valence-electron chi connectivity index (χ1n) is 5.47. The topological polar surface area (TPSA) is 80.0 Å². The van der Waals surface area contributed by atoms with Gasteiger partial charge in [-0.15, -0.1) is 0 Å². The lowest BCUT2D eigenvalue weighted by Crippen LogP contribution is -2.15. The van der Waals surface area contributed by atoms with E-state index in [2.05, 4.69) is 20.3 Å². The number of nitrogens with one attached hydrogen (secondary N) is 1. The maximum atomic E-state index is 13.1. The molecule has 3 N–H and O–H groups in total. The molecule has 0 fully saturated rings. The zero-order valence-corrected chi connectivity index (χ0v) is 12.2. The Bertz CT molecular complexity index is 626. The van der Waals surface area contributed by atoms with Gasteiger partial charge in [0.25, 0.3) is 0 Å². The van der Waals surface area contributed by atoms with Crippen LogP contribution in [0.1, 0.15) is 0 Å². The van der Waals surface area contributed by atoms with Gasteiger partial charge in [-0.25, -0.2) is 4.39 Å². The Balaban J connectivity index is 2.40. The average Bonchev–Trinajstić information content (AvgIpc) is 2.33. The fraction of sp³-hybridized carbons (Fsp3) is 0.182. The minimum absolute atomic E-state index is 0.0422. The number of halogens is 3. The molecule has 20 heavy (non-hydrogen) atoms. The van der Waals surface area contributed by atoms with Gasteiger partial charge in [0, 0.05) is 14.1 Å². The van der Waals surface area contributed by atoms with E-state index in [0.717, 1.165) is 12.1 Å². The zero-order chi connectivity index (χ0) is 14.9. The third-order valence-electron chi connectivity index (χ3n) is 2.28. The van der Waals surface area contributed by atoms with Crippen molar-refractivity contribution in [3.63, 3.8) is 0 Å². The van der Waals surface area contributed by atoms with Crippen LogP contribution >= 0.6 is 23.2 Å². The first-order chi connectivity index (χ1) is 9.36. The van der Waals surface area contributed by atoms with Crippen molar-refractivity contribution in [3.8, 4) is 0 Å². The number of nitrogen functional groups attached to an aromatic ring is 1. The van der Waals surface area contributed by atoms with Crippen molar-refractivity contribution in [2.24, 2.45) is 0 Å². The van der Waals surface area contributed by atoms with Gasteiger partial charge in [0.05, 0.1) is 15.7 Å². The maximum Gasteiger partial charge on any atom is 0.233 e. The number of nitrogens with two attached hydrogens (primary N) is 1. The summed E-state index contributed by atoms with van der Waals surface area (Å²) in [5.74, 6) is 0.0428. The summed E-state index contributed by atoms with van der Waals surface area (Å²) >= 11 is 11.9. The van der Waals surface area contributed by atoms with Crippen LogP contribution in [0.3, 0.4) is 0 Å². The van der Waals surface area contributed by atoms with Crippen LogP contribution in [0.5, 0.6) is 0 Å². The molecular weight excluding hydrogens is 306 g/mol. The molecule has 1 heterocycles. The Morgan fingerprint density at radius 2 is 1.75 bits per heavy atom. The van der Waals surface area contributed by atoms with Gasteiger partial charge >= 0.3 is 0 Å². The fourth-order valence-corrected chi connectivity index (χ4v) is 1.96. The molecule has 0 atom stereocenters. The highest BCUT2D eigenvalue weighted by Gasteiger charge is 2.12. The molecule has 2 rings (SSSR count). The molecule has 1 aromatic heterocycles. The van der Waals surface area contributed by atoms with Crippen LogP contribution < -0.4 is 16.0 Å². The fourth-order valence-electron chi connectivity index (χ4n) is 1.41. The van der Waals surface area contributed by atoms with Crippen molar-refractivity contribution in [2.45, 2.75) is 0 Å². The minimum Gasteiger partial charge on any atom is -0.368 e. The second-order valence-corrected chi connectivity index (χ2v) is 4.90. The van der Waals surface area contributed by atoms with Gasteiger partial charge in [-0.05, 0) is 12.1 Å². The van der Waals surface area contributed by atoms with Crippen molar-refractivity contribution in [3.05, 3.63) is 28.0 Å². The van der Waals surface area contributed by atoms with Crippen molar-refractivity contribution >= 4 is 46.7 Å². The lowest BCUT2D eigenvalue weighted by Gasteiger charge is -2.13. The second-order valence-electron chi connectivity index (χ2n) is 4.08. The molecule has 0 saturated heterocycles. The van der Waals surface area contributed by atoms with Crippen molar-refractivity contribution < 1.29 is 4.39 Å². The molecule has 1 aromatic carbocycles. The molecule has 6 nitrogen and oxygen atoms in total. The summed E-state index contributed by atoms with van der Waals surface area (Å²) in [5.41, 5.74) is 5.89. The molecule has 0 bridgehead atoms. The summed E-state index contributed by atoms with van der Waals surface area (Å²) in [6, 6.07) is 2.26. The van der Waals surface area contributed by atoms with E-state index in [1.807, 2.05) is 0 Å².